The standard InChI is InChI=1S/C12H14ClN5O2/c1-7-15-11(17-16-7)10-6-18(2-3-20-10)12(19)9-4-8(13)5-14-9/h4-5,10,14H,2-3,6H2,1H3,(H,15,16,17)/t10-/m1/s1. The molecule has 0 radical (unpaired) electrons. The van der Waals surface area contributed by atoms with Gasteiger partial charge in [0.25, 0.3) is 5.91 Å². The molecule has 7 nitrogen and oxygen atoms in total. The van der Waals surface area contributed by atoms with E-state index in [1.54, 1.807) is 17.2 Å². The molecule has 0 aliphatic carbocycles. The minimum absolute atomic E-state index is 0.0996. The number of aromatic amines is 2. The lowest BCUT2D eigenvalue weighted by atomic mass is 10.2. The molecule has 1 aliphatic heterocycles. The van der Waals surface area contributed by atoms with E-state index in [1.807, 2.05) is 6.92 Å². The Morgan fingerprint density at radius 1 is 1.60 bits per heavy atom. The molecule has 3 rings (SSSR count). The van der Waals surface area contributed by atoms with Crippen LogP contribution in [0.4, 0.5) is 0 Å². The van der Waals surface area contributed by atoms with Gasteiger partial charge >= 0.3 is 0 Å². The Kier molecular flexibility index (Phi) is 3.45. The molecule has 2 N–H and O–H groups in total. The van der Waals surface area contributed by atoms with Gasteiger partial charge in [-0.05, 0) is 13.0 Å². The van der Waals surface area contributed by atoms with Crippen LogP contribution in [0.1, 0.15) is 28.2 Å². The average Bonchev–Trinajstić information content (AvgIpc) is 3.07. The van der Waals surface area contributed by atoms with Crippen molar-refractivity contribution in [3.05, 3.63) is 34.6 Å². The maximum Gasteiger partial charge on any atom is 0.270 e. The number of morpholine rings is 1. The Hall–Kier alpha value is -1.86. The van der Waals surface area contributed by atoms with Gasteiger partial charge in [0.15, 0.2) is 5.82 Å². The largest absolute Gasteiger partial charge is 0.366 e. The number of aryl methyl sites for hydroxylation is 1. The summed E-state index contributed by atoms with van der Waals surface area (Å²) in [5, 5.41) is 7.38. The van der Waals surface area contributed by atoms with E-state index in [9.17, 15) is 4.79 Å². The molecule has 1 amide bonds. The molecule has 2 aromatic heterocycles. The van der Waals surface area contributed by atoms with Crippen LogP contribution in [0.25, 0.3) is 0 Å². The summed E-state index contributed by atoms with van der Waals surface area (Å²) in [5.74, 6) is 1.20. The number of halogens is 1. The number of H-pyrrole nitrogens is 2. The van der Waals surface area contributed by atoms with Gasteiger partial charge < -0.3 is 14.6 Å². The Balaban J connectivity index is 1.73. The van der Waals surface area contributed by atoms with Crippen LogP contribution in [0, 0.1) is 6.92 Å². The topological polar surface area (TPSA) is 86.9 Å². The van der Waals surface area contributed by atoms with Gasteiger partial charge in [0.05, 0.1) is 18.2 Å². The van der Waals surface area contributed by atoms with Gasteiger partial charge in [0, 0.05) is 12.7 Å². The van der Waals surface area contributed by atoms with Gasteiger partial charge in [-0.2, -0.15) is 5.10 Å². The zero-order valence-corrected chi connectivity index (χ0v) is 11.6. The second kappa shape index (κ2) is 5.26. The first-order chi connectivity index (χ1) is 9.63. The number of ether oxygens (including phenoxy) is 1. The number of aromatic nitrogens is 4. The third-order valence-corrected chi connectivity index (χ3v) is 3.35. The van der Waals surface area contributed by atoms with Gasteiger partial charge in [-0.3, -0.25) is 9.89 Å². The number of hydrogen-bond donors (Lipinski definition) is 2. The second-order valence-corrected chi connectivity index (χ2v) is 5.06. The maximum absolute atomic E-state index is 12.3. The molecule has 0 saturated carbocycles. The minimum Gasteiger partial charge on any atom is -0.366 e. The molecule has 0 spiro atoms. The van der Waals surface area contributed by atoms with Crippen LogP contribution >= 0.6 is 11.6 Å². The molecule has 0 aromatic carbocycles. The highest BCUT2D eigenvalue weighted by molar-refractivity contribution is 6.30. The predicted molar refractivity (Wildman–Crippen MR) is 71.5 cm³/mol. The third kappa shape index (κ3) is 2.54. The number of nitrogens with one attached hydrogen (secondary N) is 2. The first-order valence-corrected chi connectivity index (χ1v) is 6.65. The molecular formula is C12H14ClN5O2. The number of rotatable bonds is 2. The van der Waals surface area contributed by atoms with Crippen molar-refractivity contribution in [2.24, 2.45) is 0 Å². The zero-order valence-electron chi connectivity index (χ0n) is 10.9. The van der Waals surface area contributed by atoms with Gasteiger partial charge in [-0.15, -0.1) is 0 Å². The van der Waals surface area contributed by atoms with E-state index in [0.717, 1.165) is 5.82 Å². The summed E-state index contributed by atoms with van der Waals surface area (Å²) in [6.45, 7) is 3.24. The number of carbonyl (C=O) groups excluding carboxylic acids is 1. The van der Waals surface area contributed by atoms with Crippen molar-refractivity contribution >= 4 is 17.5 Å². The Morgan fingerprint density at radius 2 is 2.45 bits per heavy atom. The van der Waals surface area contributed by atoms with Crippen LogP contribution in [-0.2, 0) is 4.74 Å². The Bertz CT molecular complexity index is 623. The summed E-state index contributed by atoms with van der Waals surface area (Å²) < 4.78 is 5.62. The minimum atomic E-state index is -0.303. The van der Waals surface area contributed by atoms with Crippen molar-refractivity contribution < 1.29 is 9.53 Å². The van der Waals surface area contributed by atoms with E-state index in [0.29, 0.717) is 36.2 Å². The molecule has 8 heteroatoms. The van der Waals surface area contributed by atoms with E-state index in [2.05, 4.69) is 20.2 Å². The van der Waals surface area contributed by atoms with Gasteiger partial charge in [0.1, 0.15) is 17.6 Å². The molecule has 3 heterocycles. The summed E-state index contributed by atoms with van der Waals surface area (Å²) in [6, 6.07) is 1.62. The molecule has 1 atom stereocenters. The molecule has 1 fully saturated rings. The van der Waals surface area contributed by atoms with E-state index in [4.69, 9.17) is 16.3 Å². The normalized spacial score (nSPS) is 19.3. The van der Waals surface area contributed by atoms with Crippen LogP contribution < -0.4 is 0 Å². The number of amides is 1. The van der Waals surface area contributed by atoms with Crippen LogP contribution in [0.3, 0.4) is 0 Å². The number of hydrogen-bond acceptors (Lipinski definition) is 4. The molecule has 20 heavy (non-hydrogen) atoms. The molecule has 1 saturated heterocycles. The van der Waals surface area contributed by atoms with Crippen molar-refractivity contribution in [3.63, 3.8) is 0 Å². The van der Waals surface area contributed by atoms with Crippen molar-refractivity contribution in [3.8, 4) is 0 Å². The SMILES string of the molecule is Cc1nc([C@H]2CN(C(=O)c3cc(Cl)c[nH]3)CCO2)n[nH]1. The lowest BCUT2D eigenvalue weighted by Gasteiger charge is -2.31. The summed E-state index contributed by atoms with van der Waals surface area (Å²) in [7, 11) is 0. The van der Waals surface area contributed by atoms with Crippen molar-refractivity contribution in [2.75, 3.05) is 19.7 Å². The smallest absolute Gasteiger partial charge is 0.270 e. The van der Waals surface area contributed by atoms with Crippen LogP contribution in [0.2, 0.25) is 5.02 Å². The Morgan fingerprint density at radius 3 is 3.10 bits per heavy atom. The molecule has 2 aromatic rings. The van der Waals surface area contributed by atoms with E-state index < -0.39 is 0 Å². The van der Waals surface area contributed by atoms with Crippen molar-refractivity contribution in [1.29, 1.82) is 0 Å². The molecule has 0 bridgehead atoms. The average molecular weight is 296 g/mol. The van der Waals surface area contributed by atoms with Crippen LogP contribution in [-0.4, -0.2) is 50.7 Å². The predicted octanol–water partition coefficient (Wildman–Crippen LogP) is 1.31. The molecule has 1 aliphatic rings. The van der Waals surface area contributed by atoms with E-state index in [1.165, 1.54) is 0 Å². The fourth-order valence-electron chi connectivity index (χ4n) is 2.16. The maximum atomic E-state index is 12.3. The van der Waals surface area contributed by atoms with E-state index in [-0.39, 0.29) is 12.0 Å². The fourth-order valence-corrected chi connectivity index (χ4v) is 2.32. The third-order valence-electron chi connectivity index (χ3n) is 3.13. The number of nitrogens with zero attached hydrogens (tertiary/aromatic N) is 3. The first-order valence-electron chi connectivity index (χ1n) is 6.27. The summed E-state index contributed by atoms with van der Waals surface area (Å²) in [4.78, 5) is 21.1. The summed E-state index contributed by atoms with van der Waals surface area (Å²) in [6.07, 6.45) is 1.29. The first kappa shape index (κ1) is 13.1. The highest BCUT2D eigenvalue weighted by Crippen LogP contribution is 2.21. The molecule has 106 valence electrons. The zero-order chi connectivity index (χ0) is 14.1. The number of carbonyl (C=O) groups is 1. The summed E-state index contributed by atoms with van der Waals surface area (Å²) >= 11 is 5.82. The van der Waals surface area contributed by atoms with Crippen LogP contribution in [0.15, 0.2) is 12.3 Å². The van der Waals surface area contributed by atoms with Gasteiger partial charge in [-0.25, -0.2) is 4.98 Å². The Labute approximate surface area is 120 Å². The van der Waals surface area contributed by atoms with Gasteiger partial charge in [0.2, 0.25) is 0 Å². The van der Waals surface area contributed by atoms with Crippen LogP contribution in [0.5, 0.6) is 0 Å². The quantitative estimate of drug-likeness (QED) is 0.874. The van der Waals surface area contributed by atoms with Gasteiger partial charge in [-0.1, -0.05) is 11.6 Å². The molecule has 0 unspecified atom stereocenters. The summed E-state index contributed by atoms with van der Waals surface area (Å²) in [5.41, 5.74) is 0.474. The second-order valence-electron chi connectivity index (χ2n) is 4.62. The lowest BCUT2D eigenvalue weighted by molar-refractivity contribution is -0.0268. The van der Waals surface area contributed by atoms with E-state index >= 15 is 0 Å². The monoisotopic (exact) mass is 295 g/mol. The highest BCUT2D eigenvalue weighted by Gasteiger charge is 2.28. The lowest BCUT2D eigenvalue weighted by Crippen LogP contribution is -2.42. The van der Waals surface area contributed by atoms with Crippen molar-refractivity contribution in [1.82, 2.24) is 25.1 Å². The van der Waals surface area contributed by atoms with Crippen molar-refractivity contribution in [2.45, 2.75) is 13.0 Å². The fraction of sp³-hybridized carbons (Fsp3) is 0.417. The highest BCUT2D eigenvalue weighted by atomic mass is 35.5. The molecular weight excluding hydrogens is 282 g/mol.